The first-order chi connectivity index (χ1) is 15.6. The Morgan fingerprint density at radius 3 is 2.62 bits per heavy atom. The molecule has 0 saturated carbocycles. The van der Waals surface area contributed by atoms with Crippen LogP contribution >= 0.6 is 11.3 Å². The van der Waals surface area contributed by atoms with Crippen molar-refractivity contribution in [3.8, 4) is 0 Å². The van der Waals surface area contributed by atoms with Crippen LogP contribution < -0.4 is 4.90 Å². The van der Waals surface area contributed by atoms with Gasteiger partial charge in [0, 0.05) is 12.3 Å². The lowest BCUT2D eigenvalue weighted by molar-refractivity contribution is -0.118. The molecule has 0 spiro atoms. The van der Waals surface area contributed by atoms with E-state index in [0.717, 1.165) is 33.7 Å². The second-order valence-corrected chi connectivity index (χ2v) is 8.36. The van der Waals surface area contributed by atoms with Crippen LogP contribution in [0, 0.1) is 11.6 Å². The van der Waals surface area contributed by atoms with Gasteiger partial charge in [0.15, 0.2) is 10.9 Å². The summed E-state index contributed by atoms with van der Waals surface area (Å²) in [6.07, 6.45) is 1.79. The lowest BCUT2D eigenvalue weighted by atomic mass is 10.0. The number of amides is 1. The fourth-order valence-electron chi connectivity index (χ4n) is 3.68. The molecular weight excluding hydrogens is 428 g/mol. The number of nitrogens with zero attached hydrogens (tertiary/aromatic N) is 3. The SMILES string of the molecule is O=C(Cc1cccc2ccccc12)N(Cc1ccccn1)c1nc2c(F)cc(F)cc2s1. The van der Waals surface area contributed by atoms with Gasteiger partial charge in [0.1, 0.15) is 11.3 Å². The minimum atomic E-state index is -0.748. The molecule has 2 aromatic heterocycles. The van der Waals surface area contributed by atoms with E-state index in [1.807, 2.05) is 54.6 Å². The molecule has 1 amide bonds. The third kappa shape index (κ3) is 3.94. The zero-order valence-corrected chi connectivity index (χ0v) is 17.7. The van der Waals surface area contributed by atoms with E-state index >= 15 is 0 Å². The van der Waals surface area contributed by atoms with E-state index in [0.29, 0.717) is 15.5 Å². The van der Waals surface area contributed by atoms with Crippen molar-refractivity contribution in [2.75, 3.05) is 4.90 Å². The van der Waals surface area contributed by atoms with Crippen molar-refractivity contribution >= 4 is 43.4 Å². The number of pyridine rings is 1. The van der Waals surface area contributed by atoms with Crippen LogP contribution in [0.3, 0.4) is 0 Å². The largest absolute Gasteiger partial charge is 0.282 e. The van der Waals surface area contributed by atoms with Crippen LogP contribution in [0.5, 0.6) is 0 Å². The summed E-state index contributed by atoms with van der Waals surface area (Å²) in [5, 5.41) is 2.35. The van der Waals surface area contributed by atoms with Crippen LogP contribution in [0.4, 0.5) is 13.9 Å². The van der Waals surface area contributed by atoms with E-state index in [1.165, 1.54) is 11.0 Å². The number of thiazole rings is 1. The van der Waals surface area contributed by atoms with Gasteiger partial charge in [-0.2, -0.15) is 0 Å². The molecule has 3 aromatic carbocycles. The second kappa shape index (κ2) is 8.43. The highest BCUT2D eigenvalue weighted by molar-refractivity contribution is 7.22. The van der Waals surface area contributed by atoms with Gasteiger partial charge >= 0.3 is 0 Å². The average molecular weight is 445 g/mol. The van der Waals surface area contributed by atoms with Gasteiger partial charge in [-0.3, -0.25) is 14.7 Å². The maximum atomic E-state index is 14.3. The fraction of sp³-hybridized carbons (Fsp3) is 0.0800. The van der Waals surface area contributed by atoms with Crippen molar-refractivity contribution in [2.24, 2.45) is 0 Å². The zero-order chi connectivity index (χ0) is 22.1. The summed E-state index contributed by atoms with van der Waals surface area (Å²) in [4.78, 5) is 23.6. The van der Waals surface area contributed by atoms with Crippen molar-refractivity contribution in [3.05, 3.63) is 102 Å². The van der Waals surface area contributed by atoms with Gasteiger partial charge in [-0.15, -0.1) is 0 Å². The van der Waals surface area contributed by atoms with Gasteiger partial charge in [0.25, 0.3) is 0 Å². The number of carbonyl (C=O) groups is 1. The minimum Gasteiger partial charge on any atom is -0.282 e. The molecule has 0 atom stereocenters. The molecule has 0 fully saturated rings. The summed E-state index contributed by atoms with van der Waals surface area (Å²) in [7, 11) is 0. The summed E-state index contributed by atoms with van der Waals surface area (Å²) < 4.78 is 28.3. The smallest absolute Gasteiger partial charge is 0.233 e. The number of halogens is 2. The predicted molar refractivity (Wildman–Crippen MR) is 123 cm³/mol. The van der Waals surface area contributed by atoms with E-state index in [9.17, 15) is 13.6 Å². The number of aromatic nitrogens is 2. The molecule has 7 heteroatoms. The molecule has 4 nitrogen and oxygen atoms in total. The van der Waals surface area contributed by atoms with Crippen LogP contribution in [0.25, 0.3) is 21.0 Å². The molecule has 5 aromatic rings. The van der Waals surface area contributed by atoms with Crippen molar-refractivity contribution in [1.29, 1.82) is 0 Å². The van der Waals surface area contributed by atoms with Gasteiger partial charge < -0.3 is 0 Å². The summed E-state index contributed by atoms with van der Waals surface area (Å²) in [5.41, 5.74) is 1.61. The van der Waals surface area contributed by atoms with E-state index in [1.54, 1.807) is 12.3 Å². The van der Waals surface area contributed by atoms with Crippen molar-refractivity contribution in [1.82, 2.24) is 9.97 Å². The Hall–Kier alpha value is -3.71. The van der Waals surface area contributed by atoms with E-state index < -0.39 is 11.6 Å². The summed E-state index contributed by atoms with van der Waals surface area (Å²) >= 11 is 1.08. The second-order valence-electron chi connectivity index (χ2n) is 7.35. The molecule has 0 aliphatic rings. The molecule has 158 valence electrons. The number of anilines is 1. The quantitative estimate of drug-likeness (QED) is 0.338. The topological polar surface area (TPSA) is 46.1 Å². The van der Waals surface area contributed by atoms with Gasteiger partial charge in [0.2, 0.25) is 5.91 Å². The third-order valence-electron chi connectivity index (χ3n) is 5.20. The Morgan fingerprint density at radius 1 is 0.969 bits per heavy atom. The predicted octanol–water partition coefficient (Wildman–Crippen LogP) is 5.90. The summed E-state index contributed by atoms with van der Waals surface area (Å²) in [5.74, 6) is -1.63. The molecule has 5 rings (SSSR count). The Bertz CT molecular complexity index is 1430. The van der Waals surface area contributed by atoms with Crippen molar-refractivity contribution in [3.63, 3.8) is 0 Å². The highest BCUT2D eigenvalue weighted by Gasteiger charge is 2.23. The number of hydrogen-bond donors (Lipinski definition) is 0. The molecule has 0 saturated heterocycles. The van der Waals surface area contributed by atoms with Gasteiger partial charge in [-0.1, -0.05) is 59.9 Å². The third-order valence-corrected chi connectivity index (χ3v) is 6.23. The number of hydrogen-bond acceptors (Lipinski definition) is 4. The minimum absolute atomic E-state index is 0.0513. The van der Waals surface area contributed by atoms with Crippen molar-refractivity contribution in [2.45, 2.75) is 13.0 Å². The molecule has 32 heavy (non-hydrogen) atoms. The van der Waals surface area contributed by atoms with Gasteiger partial charge in [-0.05, 0) is 34.5 Å². The van der Waals surface area contributed by atoms with Crippen LogP contribution in [0.15, 0.2) is 79.0 Å². The molecule has 0 N–H and O–H groups in total. The lowest BCUT2D eigenvalue weighted by Crippen LogP contribution is -2.32. The fourth-order valence-corrected chi connectivity index (χ4v) is 4.70. The molecule has 0 unspecified atom stereocenters. The maximum absolute atomic E-state index is 14.3. The van der Waals surface area contributed by atoms with Crippen LogP contribution in [-0.4, -0.2) is 15.9 Å². The first-order valence-electron chi connectivity index (χ1n) is 10.0. The molecule has 0 aliphatic heterocycles. The Labute approximate surface area is 186 Å². The highest BCUT2D eigenvalue weighted by atomic mass is 32.1. The molecule has 2 heterocycles. The highest BCUT2D eigenvalue weighted by Crippen LogP contribution is 2.32. The summed E-state index contributed by atoms with van der Waals surface area (Å²) in [6.45, 7) is 0.175. The normalized spacial score (nSPS) is 11.2. The molecule has 0 radical (unpaired) electrons. The number of carbonyl (C=O) groups excluding carboxylic acids is 1. The van der Waals surface area contributed by atoms with Gasteiger partial charge in [0.05, 0.1) is 23.4 Å². The number of rotatable bonds is 5. The monoisotopic (exact) mass is 445 g/mol. The van der Waals surface area contributed by atoms with Crippen LogP contribution in [-0.2, 0) is 17.8 Å². The van der Waals surface area contributed by atoms with Gasteiger partial charge in [-0.25, -0.2) is 13.8 Å². The Balaban J connectivity index is 1.55. The molecule has 0 bridgehead atoms. The van der Waals surface area contributed by atoms with E-state index in [2.05, 4.69) is 9.97 Å². The lowest BCUT2D eigenvalue weighted by Gasteiger charge is -2.20. The number of fused-ring (bicyclic) bond motifs is 2. The first-order valence-corrected chi connectivity index (χ1v) is 10.8. The standard InChI is InChI=1S/C25H17F2N3OS/c26-18-13-21(27)24-22(14-18)32-25(29-24)30(15-19-9-3-4-11-28-19)23(31)12-17-8-5-7-16-6-1-2-10-20(16)17/h1-11,13-14H,12,15H2. The maximum Gasteiger partial charge on any atom is 0.233 e. The summed E-state index contributed by atoms with van der Waals surface area (Å²) in [6, 6.07) is 21.2. The zero-order valence-electron chi connectivity index (χ0n) is 16.8. The average Bonchev–Trinajstić information content (AvgIpc) is 3.22. The molecular formula is C25H17F2N3OS. The van der Waals surface area contributed by atoms with Crippen molar-refractivity contribution < 1.29 is 13.6 Å². The Morgan fingerprint density at radius 2 is 1.78 bits per heavy atom. The van der Waals surface area contributed by atoms with Crippen LogP contribution in [0.2, 0.25) is 0 Å². The van der Waals surface area contributed by atoms with Crippen LogP contribution in [0.1, 0.15) is 11.3 Å². The van der Waals surface area contributed by atoms with E-state index in [4.69, 9.17) is 0 Å². The van der Waals surface area contributed by atoms with E-state index in [-0.39, 0.29) is 24.4 Å². The number of benzene rings is 3. The first kappa shape index (κ1) is 20.2. The molecule has 0 aliphatic carbocycles. The Kier molecular flexibility index (Phi) is 5.33.